The maximum absolute atomic E-state index is 12.7. The quantitative estimate of drug-likeness (QED) is 0.211. The van der Waals surface area contributed by atoms with Crippen molar-refractivity contribution in [3.63, 3.8) is 0 Å². The van der Waals surface area contributed by atoms with Crippen LogP contribution in [-0.2, 0) is 37.3 Å². The number of aromatic carboxylic acids is 1. The van der Waals surface area contributed by atoms with E-state index in [1.54, 1.807) is 12.1 Å². The third-order valence-electron chi connectivity index (χ3n) is 4.93. The maximum atomic E-state index is 12.7. The molecule has 0 heterocycles. The predicted molar refractivity (Wildman–Crippen MR) is 115 cm³/mol. The van der Waals surface area contributed by atoms with Crippen LogP contribution in [0.2, 0.25) is 0 Å². The molecule has 1 radical (unpaired) electrons. The van der Waals surface area contributed by atoms with Gasteiger partial charge in [0, 0.05) is 10.8 Å². The molecule has 35 heavy (non-hydrogen) atoms. The first kappa shape index (κ1) is 26.2. The van der Waals surface area contributed by atoms with Gasteiger partial charge in [0.2, 0.25) is 0 Å². The Kier molecular flexibility index (Phi) is 6.99. The number of hydrogen-bond donors (Lipinski definition) is 2. The monoisotopic (exact) mass is 555 g/mol. The molecule has 0 fully saturated rings. The van der Waals surface area contributed by atoms with Crippen molar-refractivity contribution in [2.75, 3.05) is 0 Å². The van der Waals surface area contributed by atoms with E-state index >= 15 is 0 Å². The first-order valence-electron chi connectivity index (χ1n) is 9.25. The summed E-state index contributed by atoms with van der Waals surface area (Å²) in [5.74, 6) is -2.80. The van der Waals surface area contributed by atoms with Gasteiger partial charge < -0.3 is 15.0 Å². The number of nitrogens with zero attached hydrogens (tertiary/aromatic N) is 2. The van der Waals surface area contributed by atoms with Gasteiger partial charge in [0.15, 0.2) is 0 Å². The second-order valence-corrected chi connectivity index (χ2v) is 9.84. The summed E-state index contributed by atoms with van der Waals surface area (Å²) in [6, 6.07) is 12.7. The summed E-state index contributed by atoms with van der Waals surface area (Å²) in [5, 5.41) is 31.9. The Balaban J connectivity index is 0.00000342. The zero-order valence-corrected chi connectivity index (χ0v) is 19.9. The number of fused-ring (bicyclic) bond motifs is 2. The smallest absolute Gasteiger partial charge is 0.871 e. The Hall–Kier alpha value is -3.39. The van der Waals surface area contributed by atoms with E-state index in [0.717, 1.165) is 24.3 Å². The minimum absolute atomic E-state index is 0. The molecular weight excluding hydrogens is 543 g/mol. The number of carbonyl (C=O) groups is 1. The topological polar surface area (TPSA) is 197 Å². The van der Waals surface area contributed by atoms with Crippen molar-refractivity contribution in [3.05, 3.63) is 66.2 Å². The van der Waals surface area contributed by atoms with Crippen LogP contribution in [0.3, 0.4) is 0 Å². The molecule has 0 bridgehead atoms. The van der Waals surface area contributed by atoms with Crippen LogP contribution in [0.4, 0.5) is 11.4 Å². The van der Waals surface area contributed by atoms with E-state index in [0.29, 0.717) is 5.39 Å². The van der Waals surface area contributed by atoms with Crippen LogP contribution in [0, 0.1) is 0 Å². The fourth-order valence-corrected chi connectivity index (χ4v) is 4.78. The van der Waals surface area contributed by atoms with Gasteiger partial charge in [-0.3, -0.25) is 9.11 Å². The van der Waals surface area contributed by atoms with Gasteiger partial charge in [-0.15, -0.1) is 5.11 Å². The van der Waals surface area contributed by atoms with Crippen molar-refractivity contribution in [2.45, 2.75) is 9.79 Å². The molecule has 0 aliphatic rings. The van der Waals surface area contributed by atoms with E-state index < -0.39 is 58.7 Å². The first-order chi connectivity index (χ1) is 15.9. The van der Waals surface area contributed by atoms with Gasteiger partial charge >= 0.3 is 17.1 Å². The van der Waals surface area contributed by atoms with Gasteiger partial charge in [0.1, 0.15) is 15.5 Å². The number of carboxylic acid groups (broad SMARTS) is 1. The van der Waals surface area contributed by atoms with Gasteiger partial charge in [-0.1, -0.05) is 42.1 Å². The van der Waals surface area contributed by atoms with Crippen molar-refractivity contribution < 1.29 is 58.0 Å². The third-order valence-corrected chi connectivity index (χ3v) is 6.72. The molecule has 4 aromatic carbocycles. The predicted octanol–water partition coefficient (Wildman–Crippen LogP) is 2.34. The Morgan fingerprint density at radius 1 is 0.771 bits per heavy atom. The molecule has 4 aromatic rings. The molecule has 2 N–H and O–H groups in total. The number of azo groups is 1. The van der Waals surface area contributed by atoms with Crippen LogP contribution < -0.4 is 10.2 Å². The molecule has 0 unspecified atom stereocenters. The minimum Gasteiger partial charge on any atom is -0.871 e. The summed E-state index contributed by atoms with van der Waals surface area (Å²) in [6.45, 7) is 0. The summed E-state index contributed by atoms with van der Waals surface area (Å²) in [6.07, 6.45) is 0. The molecule has 0 aromatic heterocycles. The molecule has 0 aliphatic heterocycles. The van der Waals surface area contributed by atoms with Crippen molar-refractivity contribution >= 4 is 59.1 Å². The van der Waals surface area contributed by atoms with E-state index in [1.165, 1.54) is 24.3 Å². The molecule has 0 spiro atoms. The standard InChI is InChI=1S/C21H14N2O9S2.Mn/c24-20-15(21(25)26)8-11-4-1-2-6-13(11)19(20)23-22-16-10-14-12(9-18(16)34(30,31)32)5-3-7-17(14)33(27,28)29;/h1-10,24H,(H,25,26)(H,27,28,29)(H,30,31,32);/q;+2/p-2. The number of carbonyl (C=O) groups excluding carboxylic acids is 1. The van der Waals surface area contributed by atoms with Crippen molar-refractivity contribution in [2.24, 2.45) is 10.2 Å². The number of benzene rings is 4. The maximum Gasteiger partial charge on any atom is 2.00 e. The van der Waals surface area contributed by atoms with E-state index in [-0.39, 0.29) is 33.2 Å². The molecule has 0 saturated carbocycles. The van der Waals surface area contributed by atoms with Crippen molar-refractivity contribution in [3.8, 4) is 5.75 Å². The normalized spacial score (nSPS) is 12.2. The molecule has 0 aliphatic carbocycles. The first-order valence-corrected chi connectivity index (χ1v) is 12.1. The van der Waals surface area contributed by atoms with Gasteiger partial charge in [-0.05, 0) is 40.6 Å². The molecule has 4 rings (SSSR count). The summed E-state index contributed by atoms with van der Waals surface area (Å²) in [5.41, 5.74) is -1.70. The average molecular weight is 555 g/mol. The molecule has 14 heteroatoms. The van der Waals surface area contributed by atoms with E-state index in [4.69, 9.17) is 0 Å². The number of hydrogen-bond acceptors (Lipinski definition) is 9. The van der Waals surface area contributed by atoms with Crippen molar-refractivity contribution in [1.29, 1.82) is 0 Å². The van der Waals surface area contributed by atoms with E-state index in [1.807, 2.05) is 0 Å². The Morgan fingerprint density at radius 2 is 1.37 bits per heavy atom. The summed E-state index contributed by atoms with van der Waals surface area (Å²) < 4.78 is 66.5. The third kappa shape index (κ3) is 5.03. The zero-order valence-electron chi connectivity index (χ0n) is 17.1. The molecule has 0 amide bonds. The average Bonchev–Trinajstić information content (AvgIpc) is 2.75. The second-order valence-electron chi connectivity index (χ2n) is 7.06. The largest absolute Gasteiger partial charge is 2.00 e. The Morgan fingerprint density at radius 3 is 2.00 bits per heavy atom. The van der Waals surface area contributed by atoms with Crippen LogP contribution in [0.1, 0.15) is 10.4 Å². The SMILES string of the molecule is O=C([O-])c1cc2ccccc2c(N=Nc2cc3c(S(=O)(=O)O)cccc3cc2S(=O)(=O)O)c1[O-].[Mn+2]. The molecule has 0 saturated heterocycles. The molecule has 179 valence electrons. The number of rotatable bonds is 5. The Labute approximate surface area is 208 Å². The van der Waals surface area contributed by atoms with E-state index in [9.17, 15) is 40.9 Å². The van der Waals surface area contributed by atoms with Gasteiger partial charge in [-0.25, -0.2) is 0 Å². The van der Waals surface area contributed by atoms with Crippen molar-refractivity contribution in [1.82, 2.24) is 0 Å². The van der Waals surface area contributed by atoms with Gasteiger partial charge in [0.25, 0.3) is 20.2 Å². The zero-order chi connectivity index (χ0) is 24.8. The van der Waals surface area contributed by atoms with Gasteiger partial charge in [-0.2, -0.15) is 21.9 Å². The van der Waals surface area contributed by atoms with Gasteiger partial charge in [0.05, 0.1) is 11.7 Å². The Bertz CT molecular complexity index is 1750. The van der Waals surface area contributed by atoms with Crippen LogP contribution >= 0.6 is 0 Å². The van der Waals surface area contributed by atoms with Crippen LogP contribution in [0.25, 0.3) is 21.5 Å². The fraction of sp³-hybridized carbons (Fsp3) is 0. The minimum atomic E-state index is -4.90. The van der Waals surface area contributed by atoms with Crippen LogP contribution in [-0.4, -0.2) is 31.9 Å². The molecule has 0 atom stereocenters. The fourth-order valence-electron chi connectivity index (χ4n) is 3.44. The summed E-state index contributed by atoms with van der Waals surface area (Å²) >= 11 is 0. The van der Waals surface area contributed by atoms with Crippen LogP contribution in [0.15, 0.2) is 80.7 Å². The van der Waals surface area contributed by atoms with Crippen LogP contribution in [0.5, 0.6) is 5.75 Å². The van der Waals surface area contributed by atoms with E-state index in [2.05, 4.69) is 10.2 Å². The number of carboxylic acids is 1. The summed E-state index contributed by atoms with van der Waals surface area (Å²) in [7, 11) is -9.62. The molecule has 11 nitrogen and oxygen atoms in total. The molecular formula is C21H12MnN2O9S2. The second kappa shape index (κ2) is 9.34. The summed E-state index contributed by atoms with van der Waals surface area (Å²) in [4.78, 5) is 10.1.